The molecule has 6 heteroatoms. The van der Waals surface area contributed by atoms with Crippen molar-refractivity contribution in [2.75, 3.05) is 39.1 Å². The number of ether oxygens (including phenoxy) is 1. The second-order valence-electron chi connectivity index (χ2n) is 7.36. The van der Waals surface area contributed by atoms with Crippen LogP contribution in [0.3, 0.4) is 0 Å². The first-order chi connectivity index (χ1) is 14.1. The second kappa shape index (κ2) is 10.1. The van der Waals surface area contributed by atoms with E-state index in [4.69, 9.17) is 4.74 Å². The number of amides is 2. The summed E-state index contributed by atoms with van der Waals surface area (Å²) in [4.78, 5) is 27.6. The van der Waals surface area contributed by atoms with Crippen molar-refractivity contribution in [2.45, 2.75) is 19.3 Å². The number of para-hydroxylation sites is 1. The van der Waals surface area contributed by atoms with Gasteiger partial charge in [-0.1, -0.05) is 12.1 Å². The molecular formula is C23H29N3O3. The molecule has 2 N–H and O–H groups in total. The van der Waals surface area contributed by atoms with Gasteiger partial charge in [-0.25, -0.2) is 0 Å². The van der Waals surface area contributed by atoms with Crippen LogP contribution in [0.4, 0.5) is 5.69 Å². The lowest BCUT2D eigenvalue weighted by Crippen LogP contribution is -2.39. The lowest BCUT2D eigenvalue weighted by molar-refractivity contribution is 0.0688. The highest BCUT2D eigenvalue weighted by Gasteiger charge is 2.25. The topological polar surface area (TPSA) is 70.7 Å². The van der Waals surface area contributed by atoms with E-state index < -0.39 is 0 Å². The van der Waals surface area contributed by atoms with Gasteiger partial charge >= 0.3 is 0 Å². The standard InChI is InChI=1S/C23H29N3O3/c1-24-14-11-17-12-15-26(16-13-17)23(28)20-5-3-4-6-21(20)25-22(27)18-7-9-19(29-2)10-8-18/h3-10,17,24H,11-16H2,1-2H3,(H,25,27). The zero-order valence-electron chi connectivity index (χ0n) is 17.1. The molecule has 1 heterocycles. The van der Waals surface area contributed by atoms with Gasteiger partial charge in [0.1, 0.15) is 5.75 Å². The van der Waals surface area contributed by atoms with E-state index in [1.54, 1.807) is 43.5 Å². The van der Waals surface area contributed by atoms with Crippen LogP contribution >= 0.6 is 0 Å². The number of benzene rings is 2. The number of methoxy groups -OCH3 is 1. The van der Waals surface area contributed by atoms with E-state index in [-0.39, 0.29) is 11.8 Å². The van der Waals surface area contributed by atoms with Gasteiger partial charge in [0.2, 0.25) is 0 Å². The Balaban J connectivity index is 1.67. The van der Waals surface area contributed by atoms with Gasteiger partial charge in [0, 0.05) is 18.7 Å². The average molecular weight is 396 g/mol. The number of rotatable bonds is 7. The number of piperidine rings is 1. The molecule has 0 radical (unpaired) electrons. The van der Waals surface area contributed by atoms with Crippen LogP contribution < -0.4 is 15.4 Å². The van der Waals surface area contributed by atoms with E-state index in [9.17, 15) is 9.59 Å². The third-order valence-electron chi connectivity index (χ3n) is 5.46. The quantitative estimate of drug-likeness (QED) is 0.754. The maximum Gasteiger partial charge on any atom is 0.255 e. The highest BCUT2D eigenvalue weighted by molar-refractivity contribution is 6.09. The predicted molar refractivity (Wildman–Crippen MR) is 115 cm³/mol. The van der Waals surface area contributed by atoms with Gasteiger partial charge < -0.3 is 20.3 Å². The predicted octanol–water partition coefficient (Wildman–Crippen LogP) is 3.41. The molecule has 0 aromatic heterocycles. The Hall–Kier alpha value is -2.86. The van der Waals surface area contributed by atoms with E-state index >= 15 is 0 Å². The molecule has 0 aliphatic carbocycles. The first-order valence-corrected chi connectivity index (χ1v) is 10.1. The minimum Gasteiger partial charge on any atom is -0.497 e. The summed E-state index contributed by atoms with van der Waals surface area (Å²) in [7, 11) is 3.55. The van der Waals surface area contributed by atoms with Gasteiger partial charge in [-0.2, -0.15) is 0 Å². The van der Waals surface area contributed by atoms with Crippen LogP contribution in [0.25, 0.3) is 0 Å². The number of likely N-dealkylation sites (tertiary alicyclic amines) is 1. The first-order valence-electron chi connectivity index (χ1n) is 10.1. The van der Waals surface area contributed by atoms with E-state index in [1.807, 2.05) is 24.1 Å². The largest absolute Gasteiger partial charge is 0.497 e. The summed E-state index contributed by atoms with van der Waals surface area (Å²) < 4.78 is 5.13. The zero-order valence-corrected chi connectivity index (χ0v) is 17.1. The van der Waals surface area contributed by atoms with Crippen LogP contribution in [0.2, 0.25) is 0 Å². The fraction of sp³-hybridized carbons (Fsp3) is 0.391. The molecule has 1 aliphatic rings. The molecule has 2 aromatic rings. The van der Waals surface area contributed by atoms with E-state index in [0.29, 0.717) is 28.5 Å². The normalized spacial score (nSPS) is 14.5. The number of hydrogen-bond acceptors (Lipinski definition) is 4. The fourth-order valence-electron chi connectivity index (χ4n) is 3.66. The van der Waals surface area contributed by atoms with Gasteiger partial charge in [-0.15, -0.1) is 0 Å². The number of nitrogens with zero attached hydrogens (tertiary/aromatic N) is 1. The van der Waals surface area contributed by atoms with Crippen LogP contribution in [-0.2, 0) is 0 Å². The molecule has 1 aliphatic heterocycles. The van der Waals surface area contributed by atoms with Crippen LogP contribution in [0.1, 0.15) is 40.0 Å². The summed E-state index contributed by atoms with van der Waals surface area (Å²) >= 11 is 0. The van der Waals surface area contributed by atoms with Gasteiger partial charge in [0.15, 0.2) is 0 Å². The minimum absolute atomic E-state index is 0.0253. The number of nitrogens with one attached hydrogen (secondary N) is 2. The Morgan fingerprint density at radius 1 is 1.07 bits per heavy atom. The van der Waals surface area contributed by atoms with Crippen molar-refractivity contribution in [3.05, 3.63) is 59.7 Å². The third-order valence-corrected chi connectivity index (χ3v) is 5.46. The molecule has 0 atom stereocenters. The molecule has 0 spiro atoms. The lowest BCUT2D eigenvalue weighted by atomic mass is 9.93. The minimum atomic E-state index is -0.251. The number of carbonyl (C=O) groups is 2. The van der Waals surface area contributed by atoms with E-state index in [2.05, 4.69) is 10.6 Å². The van der Waals surface area contributed by atoms with Crippen LogP contribution in [0.5, 0.6) is 5.75 Å². The molecule has 0 saturated carbocycles. The summed E-state index contributed by atoms with van der Waals surface area (Å²) in [6.45, 7) is 2.53. The van der Waals surface area contributed by atoms with Crippen molar-refractivity contribution < 1.29 is 14.3 Å². The third kappa shape index (κ3) is 5.35. The Morgan fingerprint density at radius 3 is 2.41 bits per heavy atom. The van der Waals surface area contributed by atoms with Crippen molar-refractivity contribution in [3.8, 4) is 5.75 Å². The lowest BCUT2D eigenvalue weighted by Gasteiger charge is -2.32. The molecule has 2 aromatic carbocycles. The maximum absolute atomic E-state index is 13.1. The number of hydrogen-bond donors (Lipinski definition) is 2. The highest BCUT2D eigenvalue weighted by atomic mass is 16.5. The first kappa shape index (κ1) is 20.9. The van der Waals surface area contributed by atoms with Gasteiger partial charge in [0.25, 0.3) is 11.8 Å². The van der Waals surface area contributed by atoms with Gasteiger partial charge in [-0.3, -0.25) is 9.59 Å². The Labute approximate surface area is 172 Å². The summed E-state index contributed by atoms with van der Waals surface area (Å²) in [6, 6.07) is 14.1. The van der Waals surface area contributed by atoms with Crippen LogP contribution in [-0.4, -0.2) is 50.5 Å². The Kier molecular flexibility index (Phi) is 7.25. The fourth-order valence-corrected chi connectivity index (χ4v) is 3.66. The van der Waals surface area contributed by atoms with Crippen molar-refractivity contribution in [1.82, 2.24) is 10.2 Å². The average Bonchev–Trinajstić information content (AvgIpc) is 2.78. The molecule has 0 bridgehead atoms. The van der Waals surface area contributed by atoms with Gasteiger partial charge in [0.05, 0.1) is 18.4 Å². The summed E-state index contributed by atoms with van der Waals surface area (Å²) in [5.41, 5.74) is 1.58. The SMILES string of the molecule is CNCCC1CCN(C(=O)c2ccccc2NC(=O)c2ccc(OC)cc2)CC1. The summed E-state index contributed by atoms with van der Waals surface area (Å²) in [6.07, 6.45) is 3.19. The second-order valence-corrected chi connectivity index (χ2v) is 7.36. The van der Waals surface area contributed by atoms with Gasteiger partial charge in [-0.05, 0) is 75.2 Å². The molecule has 6 nitrogen and oxygen atoms in total. The molecule has 1 saturated heterocycles. The number of carbonyl (C=O) groups excluding carboxylic acids is 2. The molecule has 1 fully saturated rings. The highest BCUT2D eigenvalue weighted by Crippen LogP contribution is 2.24. The molecule has 29 heavy (non-hydrogen) atoms. The number of anilines is 1. The van der Waals surface area contributed by atoms with Crippen LogP contribution in [0.15, 0.2) is 48.5 Å². The Bertz CT molecular complexity index is 828. The van der Waals surface area contributed by atoms with E-state index in [1.165, 1.54) is 0 Å². The molecule has 0 unspecified atom stereocenters. The smallest absolute Gasteiger partial charge is 0.255 e. The zero-order chi connectivity index (χ0) is 20.6. The molecule has 2 amide bonds. The van der Waals surface area contributed by atoms with Crippen LogP contribution in [0, 0.1) is 5.92 Å². The monoisotopic (exact) mass is 395 g/mol. The molecule has 154 valence electrons. The van der Waals surface area contributed by atoms with Crippen molar-refractivity contribution in [1.29, 1.82) is 0 Å². The van der Waals surface area contributed by atoms with Crippen molar-refractivity contribution in [3.63, 3.8) is 0 Å². The van der Waals surface area contributed by atoms with E-state index in [0.717, 1.165) is 38.9 Å². The summed E-state index contributed by atoms with van der Waals surface area (Å²) in [5.74, 6) is 1.08. The summed E-state index contributed by atoms with van der Waals surface area (Å²) in [5, 5.41) is 6.08. The molecular weight excluding hydrogens is 366 g/mol. The maximum atomic E-state index is 13.1. The Morgan fingerprint density at radius 2 is 1.76 bits per heavy atom. The van der Waals surface area contributed by atoms with Crippen molar-refractivity contribution >= 4 is 17.5 Å². The molecule has 3 rings (SSSR count). The van der Waals surface area contributed by atoms with Crippen molar-refractivity contribution in [2.24, 2.45) is 5.92 Å².